The highest BCUT2D eigenvalue weighted by Crippen LogP contribution is 2.28. The number of hydrogen-bond donors (Lipinski definition) is 0. The number of carbonyl (C=O) groups is 2. The van der Waals surface area contributed by atoms with Crippen molar-refractivity contribution in [3.63, 3.8) is 0 Å². The van der Waals surface area contributed by atoms with Crippen LogP contribution in [0.1, 0.15) is 31.9 Å². The molecule has 0 N–H and O–H groups in total. The van der Waals surface area contributed by atoms with Crippen molar-refractivity contribution in [3.8, 4) is 5.75 Å². The zero-order valence-corrected chi connectivity index (χ0v) is 18.6. The molecule has 0 spiro atoms. The van der Waals surface area contributed by atoms with E-state index in [0.717, 1.165) is 16.5 Å². The number of nitrogens with zero attached hydrogens (tertiary/aromatic N) is 2. The Labute approximate surface area is 182 Å². The molecule has 0 aliphatic carbocycles. The minimum Gasteiger partial charge on any atom is -0.489 e. The molecule has 0 saturated heterocycles. The molecule has 0 bridgehead atoms. The van der Waals surface area contributed by atoms with E-state index in [-0.39, 0.29) is 5.91 Å². The van der Waals surface area contributed by atoms with Gasteiger partial charge in [-0.05, 0) is 50.6 Å². The average Bonchev–Trinajstić information content (AvgIpc) is 3.08. The van der Waals surface area contributed by atoms with Gasteiger partial charge in [0.25, 0.3) is 0 Å². The summed E-state index contributed by atoms with van der Waals surface area (Å²) in [5.74, 6) is 0.529. The fourth-order valence-corrected chi connectivity index (χ4v) is 2.97. The van der Waals surface area contributed by atoms with Crippen LogP contribution in [0.25, 0.3) is 17.0 Å². The van der Waals surface area contributed by atoms with Gasteiger partial charge in [0.05, 0.1) is 5.52 Å². The zero-order valence-electron chi connectivity index (χ0n) is 18.6. The molecule has 1 aromatic heterocycles. The lowest BCUT2D eigenvalue weighted by atomic mass is 10.1. The smallest absolute Gasteiger partial charge is 0.419 e. The Kier molecular flexibility index (Phi) is 6.49. The van der Waals surface area contributed by atoms with E-state index in [1.54, 1.807) is 26.4 Å². The van der Waals surface area contributed by atoms with Gasteiger partial charge in [0.2, 0.25) is 5.91 Å². The van der Waals surface area contributed by atoms with Crippen LogP contribution >= 0.6 is 0 Å². The van der Waals surface area contributed by atoms with Gasteiger partial charge in [-0.2, -0.15) is 0 Å². The molecular formula is C25H28N2O4. The summed E-state index contributed by atoms with van der Waals surface area (Å²) in [5.41, 5.74) is 1.84. The van der Waals surface area contributed by atoms with E-state index in [1.807, 2.05) is 69.3 Å². The topological polar surface area (TPSA) is 60.8 Å². The van der Waals surface area contributed by atoms with Crippen LogP contribution in [-0.4, -0.2) is 41.2 Å². The molecule has 0 fully saturated rings. The molecule has 0 aliphatic rings. The molecule has 6 heteroatoms. The number of aromatic nitrogens is 1. The minimum atomic E-state index is -0.622. The zero-order chi connectivity index (χ0) is 22.6. The highest BCUT2D eigenvalue weighted by molar-refractivity contribution is 5.99. The molecule has 0 atom stereocenters. The van der Waals surface area contributed by atoms with E-state index >= 15 is 0 Å². The standard InChI is InChI=1S/C25H28N2O4/c1-25(2,3)31-24(29)27-16-19(11-14-23(28)26(4)5)21-15-20(12-13-22(21)27)30-17-18-9-7-6-8-10-18/h6-16H,17H2,1-5H3. The molecule has 0 saturated carbocycles. The van der Waals surface area contributed by atoms with Gasteiger partial charge < -0.3 is 14.4 Å². The number of rotatable bonds is 5. The third-order valence-electron chi connectivity index (χ3n) is 4.49. The first-order chi connectivity index (χ1) is 14.6. The highest BCUT2D eigenvalue weighted by Gasteiger charge is 2.20. The number of fused-ring (bicyclic) bond motifs is 1. The number of likely N-dealkylation sites (N-methyl/N-ethyl adjacent to an activating group) is 1. The van der Waals surface area contributed by atoms with Crippen LogP contribution in [0.15, 0.2) is 60.8 Å². The lowest BCUT2D eigenvalue weighted by Gasteiger charge is -2.19. The fraction of sp³-hybridized carbons (Fsp3) is 0.280. The molecule has 0 unspecified atom stereocenters. The van der Waals surface area contributed by atoms with Crippen molar-refractivity contribution < 1.29 is 19.1 Å². The molecule has 6 nitrogen and oxygen atoms in total. The summed E-state index contributed by atoms with van der Waals surface area (Å²) in [6.45, 7) is 5.90. The Hall–Kier alpha value is -3.54. The van der Waals surface area contributed by atoms with Crippen LogP contribution in [0.4, 0.5) is 4.79 Å². The van der Waals surface area contributed by atoms with Gasteiger partial charge in [-0.25, -0.2) is 4.79 Å². The predicted octanol–water partition coefficient (Wildman–Crippen LogP) is 5.10. The SMILES string of the molecule is CN(C)C(=O)C=Cc1cn(C(=O)OC(C)(C)C)c2ccc(OCc3ccccc3)cc12. The van der Waals surface area contributed by atoms with Crippen molar-refractivity contribution in [2.24, 2.45) is 0 Å². The summed E-state index contributed by atoms with van der Waals surface area (Å²) in [5, 5.41) is 0.791. The first kappa shape index (κ1) is 22.2. The molecular weight excluding hydrogens is 392 g/mol. The van der Waals surface area contributed by atoms with Crippen LogP contribution in [0, 0.1) is 0 Å². The van der Waals surface area contributed by atoms with E-state index in [2.05, 4.69) is 0 Å². The second-order valence-electron chi connectivity index (χ2n) is 8.45. The van der Waals surface area contributed by atoms with E-state index in [0.29, 0.717) is 17.9 Å². The van der Waals surface area contributed by atoms with Crippen molar-refractivity contribution >= 4 is 29.0 Å². The molecule has 2 aromatic carbocycles. The summed E-state index contributed by atoms with van der Waals surface area (Å²) < 4.78 is 12.9. The van der Waals surface area contributed by atoms with E-state index in [9.17, 15) is 9.59 Å². The van der Waals surface area contributed by atoms with E-state index < -0.39 is 11.7 Å². The van der Waals surface area contributed by atoms with Crippen molar-refractivity contribution in [1.29, 1.82) is 0 Å². The number of benzene rings is 2. The minimum absolute atomic E-state index is 0.144. The molecule has 0 aliphatic heterocycles. The summed E-state index contributed by atoms with van der Waals surface area (Å²) >= 11 is 0. The molecule has 3 aromatic rings. The van der Waals surface area contributed by atoms with Crippen molar-refractivity contribution in [1.82, 2.24) is 9.47 Å². The largest absolute Gasteiger partial charge is 0.489 e. The van der Waals surface area contributed by atoms with E-state index in [1.165, 1.54) is 15.5 Å². The first-order valence-electron chi connectivity index (χ1n) is 10.1. The second-order valence-corrected chi connectivity index (χ2v) is 8.45. The molecule has 0 radical (unpaired) electrons. The molecule has 1 heterocycles. The molecule has 1 amide bonds. The third kappa shape index (κ3) is 5.75. The molecule has 31 heavy (non-hydrogen) atoms. The van der Waals surface area contributed by atoms with Crippen LogP contribution in [0.3, 0.4) is 0 Å². The van der Waals surface area contributed by atoms with E-state index in [4.69, 9.17) is 9.47 Å². The van der Waals surface area contributed by atoms with Crippen molar-refractivity contribution in [3.05, 3.63) is 71.9 Å². The molecule has 162 valence electrons. The quantitative estimate of drug-likeness (QED) is 0.539. The van der Waals surface area contributed by atoms with Gasteiger partial charge in [0, 0.05) is 37.3 Å². The van der Waals surface area contributed by atoms with Crippen molar-refractivity contribution in [2.75, 3.05) is 14.1 Å². The van der Waals surface area contributed by atoms with Gasteiger partial charge in [-0.1, -0.05) is 30.3 Å². The Morgan fingerprint density at radius 2 is 1.77 bits per heavy atom. The monoisotopic (exact) mass is 420 g/mol. The van der Waals surface area contributed by atoms with Crippen LogP contribution in [0.2, 0.25) is 0 Å². The molecule has 3 rings (SSSR count). The Bertz CT molecular complexity index is 1110. The fourth-order valence-electron chi connectivity index (χ4n) is 2.97. The van der Waals surface area contributed by atoms with Gasteiger partial charge in [0.15, 0.2) is 0 Å². The maximum Gasteiger partial charge on any atom is 0.419 e. The van der Waals surface area contributed by atoms with Gasteiger partial charge >= 0.3 is 6.09 Å². The normalized spacial score (nSPS) is 11.6. The Morgan fingerprint density at radius 1 is 1.06 bits per heavy atom. The third-order valence-corrected chi connectivity index (χ3v) is 4.49. The summed E-state index contributed by atoms with van der Waals surface area (Å²) in [6.07, 6.45) is 4.38. The average molecular weight is 421 g/mol. The predicted molar refractivity (Wildman–Crippen MR) is 122 cm³/mol. The summed E-state index contributed by atoms with van der Waals surface area (Å²) in [7, 11) is 3.37. The first-order valence-corrected chi connectivity index (χ1v) is 10.1. The number of ether oxygens (including phenoxy) is 2. The lowest BCUT2D eigenvalue weighted by molar-refractivity contribution is -0.123. The highest BCUT2D eigenvalue weighted by atomic mass is 16.6. The number of hydrogen-bond acceptors (Lipinski definition) is 4. The summed E-state index contributed by atoms with van der Waals surface area (Å²) in [6, 6.07) is 15.4. The Morgan fingerprint density at radius 3 is 2.42 bits per heavy atom. The van der Waals surface area contributed by atoms with Crippen LogP contribution < -0.4 is 4.74 Å². The van der Waals surface area contributed by atoms with Crippen LogP contribution in [0.5, 0.6) is 5.75 Å². The summed E-state index contributed by atoms with van der Waals surface area (Å²) in [4.78, 5) is 26.2. The maximum atomic E-state index is 12.7. The van der Waals surface area contributed by atoms with Gasteiger partial charge in [-0.15, -0.1) is 0 Å². The Balaban J connectivity index is 1.97. The van der Waals surface area contributed by atoms with Gasteiger partial charge in [0.1, 0.15) is 18.0 Å². The lowest BCUT2D eigenvalue weighted by Crippen LogP contribution is -2.26. The number of amides is 1. The van der Waals surface area contributed by atoms with Gasteiger partial charge in [-0.3, -0.25) is 9.36 Å². The van der Waals surface area contributed by atoms with Crippen molar-refractivity contribution in [2.45, 2.75) is 33.0 Å². The second kappa shape index (κ2) is 9.08. The van der Waals surface area contributed by atoms with Crippen LogP contribution in [-0.2, 0) is 16.1 Å². The maximum absolute atomic E-state index is 12.7. The number of carbonyl (C=O) groups excluding carboxylic acids is 2.